The minimum Gasteiger partial charge on any atom is -0.460 e. The van der Waals surface area contributed by atoms with Crippen LogP contribution in [-0.4, -0.2) is 29.5 Å². The summed E-state index contributed by atoms with van der Waals surface area (Å²) in [7, 11) is 0. The highest BCUT2D eigenvalue weighted by Gasteiger charge is 2.53. The molecule has 4 bridgehead atoms. The lowest BCUT2D eigenvalue weighted by molar-refractivity contribution is -0.128. The molecule has 1 amide bonds. The fraction of sp³-hybridized carbons (Fsp3) is 0.483. The van der Waals surface area contributed by atoms with Gasteiger partial charge in [0.25, 0.3) is 5.91 Å². The number of aromatic nitrogens is 1. The third kappa shape index (κ3) is 4.13. The summed E-state index contributed by atoms with van der Waals surface area (Å²) in [5.41, 5.74) is 1.82. The van der Waals surface area contributed by atoms with Crippen molar-refractivity contribution in [3.63, 3.8) is 0 Å². The number of fused-ring (bicyclic) bond motifs is 1. The van der Waals surface area contributed by atoms with Crippen LogP contribution in [0.5, 0.6) is 0 Å². The second-order valence-corrected chi connectivity index (χ2v) is 11.1. The highest BCUT2D eigenvalue weighted by Crippen LogP contribution is 2.61. The van der Waals surface area contributed by atoms with Crippen LogP contribution in [0.1, 0.15) is 61.6 Å². The maximum absolute atomic E-state index is 13.1. The topological polar surface area (TPSA) is 81.4 Å². The molecule has 0 spiro atoms. The average Bonchev–Trinajstić information content (AvgIpc) is 3.27. The summed E-state index contributed by atoms with van der Waals surface area (Å²) >= 11 is 0. The molecule has 6 nitrogen and oxygen atoms in total. The molecule has 1 atom stereocenters. The third-order valence-electron chi connectivity index (χ3n) is 8.64. The number of benzene rings is 1. The number of hydrogen-bond donors (Lipinski definition) is 1. The second-order valence-electron chi connectivity index (χ2n) is 11.1. The SMILES string of the molecule is Cc1ccc(-c2cc(C(=O)OCC(=O)NC(C)C34CC5CC(CC(C5)C3)C4)c3ccccc3n2)o1. The molecule has 2 aromatic heterocycles. The average molecular weight is 473 g/mol. The summed E-state index contributed by atoms with van der Waals surface area (Å²) in [6, 6.07) is 12.9. The Bertz CT molecular complexity index is 1260. The molecule has 3 aromatic rings. The molecule has 0 radical (unpaired) electrons. The van der Waals surface area contributed by atoms with Crippen LogP contribution in [0.3, 0.4) is 0 Å². The van der Waals surface area contributed by atoms with E-state index >= 15 is 0 Å². The van der Waals surface area contributed by atoms with Crippen molar-refractivity contribution in [2.75, 3.05) is 6.61 Å². The molecule has 4 aliphatic carbocycles. The van der Waals surface area contributed by atoms with Gasteiger partial charge in [0.15, 0.2) is 12.4 Å². The Kier molecular flexibility index (Phi) is 5.42. The standard InChI is InChI=1S/C29H32N2O4/c1-17-7-8-26(35-17)25-12-23(22-5-3-4-6-24(22)31-25)28(33)34-16-27(32)30-18(2)29-13-19-9-20(14-29)11-21(10-19)15-29/h3-8,12,18-21H,9-11,13-16H2,1-2H3,(H,30,32). The van der Waals surface area contributed by atoms with Crippen molar-refractivity contribution in [2.24, 2.45) is 23.2 Å². The van der Waals surface area contributed by atoms with Crippen LogP contribution in [0.4, 0.5) is 0 Å². The number of carbonyl (C=O) groups excluding carboxylic acids is 2. The van der Waals surface area contributed by atoms with Gasteiger partial charge >= 0.3 is 5.97 Å². The number of esters is 1. The number of ether oxygens (including phenoxy) is 1. The van der Waals surface area contributed by atoms with Crippen molar-refractivity contribution < 1.29 is 18.7 Å². The van der Waals surface area contributed by atoms with Gasteiger partial charge in [0.1, 0.15) is 11.5 Å². The Morgan fingerprint density at radius 3 is 2.43 bits per heavy atom. The van der Waals surface area contributed by atoms with Crippen LogP contribution in [0.2, 0.25) is 0 Å². The van der Waals surface area contributed by atoms with Gasteiger partial charge in [0, 0.05) is 11.4 Å². The van der Waals surface area contributed by atoms with E-state index in [1.807, 2.05) is 43.3 Å². The molecular formula is C29H32N2O4. The molecule has 1 N–H and O–H groups in total. The molecule has 4 aliphatic rings. The maximum Gasteiger partial charge on any atom is 0.339 e. The van der Waals surface area contributed by atoms with E-state index in [4.69, 9.17) is 9.15 Å². The minimum atomic E-state index is -0.536. The van der Waals surface area contributed by atoms with Gasteiger partial charge < -0.3 is 14.5 Å². The zero-order chi connectivity index (χ0) is 24.2. The number of rotatable bonds is 6. The summed E-state index contributed by atoms with van der Waals surface area (Å²) in [6.07, 6.45) is 7.78. The Labute approximate surface area is 205 Å². The van der Waals surface area contributed by atoms with Crippen LogP contribution in [-0.2, 0) is 9.53 Å². The van der Waals surface area contributed by atoms with Crippen LogP contribution in [0.25, 0.3) is 22.4 Å². The molecule has 0 aliphatic heterocycles. The van der Waals surface area contributed by atoms with Gasteiger partial charge in [-0.05, 0) is 99.8 Å². The first-order valence-corrected chi connectivity index (χ1v) is 12.8. The number of nitrogens with zero attached hydrogens (tertiary/aromatic N) is 1. The fourth-order valence-corrected chi connectivity index (χ4v) is 7.40. The van der Waals surface area contributed by atoms with Gasteiger partial charge in [-0.2, -0.15) is 0 Å². The summed E-state index contributed by atoms with van der Waals surface area (Å²) in [6.45, 7) is 3.71. The molecule has 1 aromatic carbocycles. The Hall–Kier alpha value is -3.15. The van der Waals surface area contributed by atoms with E-state index in [2.05, 4.69) is 17.2 Å². The van der Waals surface area contributed by atoms with Gasteiger partial charge in [-0.1, -0.05) is 18.2 Å². The quantitative estimate of drug-likeness (QED) is 0.467. The van der Waals surface area contributed by atoms with Crippen molar-refractivity contribution in [1.29, 1.82) is 0 Å². The number of aryl methyl sites for hydroxylation is 1. The summed E-state index contributed by atoms with van der Waals surface area (Å²) in [4.78, 5) is 30.6. The molecule has 2 heterocycles. The lowest BCUT2D eigenvalue weighted by Gasteiger charge is -2.59. The number of pyridine rings is 1. The van der Waals surface area contributed by atoms with Crippen molar-refractivity contribution >= 4 is 22.8 Å². The van der Waals surface area contributed by atoms with Crippen LogP contribution in [0.15, 0.2) is 46.9 Å². The van der Waals surface area contributed by atoms with Gasteiger partial charge in [0.2, 0.25) is 0 Å². The molecule has 4 fully saturated rings. The number of hydrogen-bond acceptors (Lipinski definition) is 5. The lowest BCUT2D eigenvalue weighted by atomic mass is 9.48. The normalized spacial score (nSPS) is 27.7. The minimum absolute atomic E-state index is 0.0950. The van der Waals surface area contributed by atoms with E-state index in [0.717, 1.165) is 23.5 Å². The van der Waals surface area contributed by atoms with E-state index in [1.165, 1.54) is 38.5 Å². The Balaban J connectivity index is 1.15. The van der Waals surface area contributed by atoms with Crippen LogP contribution >= 0.6 is 0 Å². The first-order valence-electron chi connectivity index (χ1n) is 12.8. The first-order chi connectivity index (χ1) is 16.9. The monoisotopic (exact) mass is 472 g/mol. The predicted octanol–water partition coefficient (Wildman–Crippen LogP) is 5.68. The molecule has 4 saturated carbocycles. The van der Waals surface area contributed by atoms with Gasteiger partial charge in [-0.15, -0.1) is 0 Å². The number of carbonyl (C=O) groups is 2. The van der Waals surface area contributed by atoms with Gasteiger partial charge in [-0.25, -0.2) is 9.78 Å². The number of para-hydroxylation sites is 1. The van der Waals surface area contributed by atoms with E-state index < -0.39 is 5.97 Å². The fourth-order valence-electron chi connectivity index (χ4n) is 7.40. The first kappa shape index (κ1) is 22.3. The van der Waals surface area contributed by atoms with E-state index in [0.29, 0.717) is 27.9 Å². The van der Waals surface area contributed by atoms with Gasteiger partial charge in [-0.3, -0.25) is 4.79 Å². The Morgan fingerprint density at radius 2 is 1.77 bits per heavy atom. The second kappa shape index (κ2) is 8.51. The number of nitrogens with one attached hydrogen (secondary N) is 1. The molecule has 1 unspecified atom stereocenters. The summed E-state index contributed by atoms with van der Waals surface area (Å²) < 4.78 is 11.2. The van der Waals surface area contributed by atoms with E-state index in [-0.39, 0.29) is 24.0 Å². The van der Waals surface area contributed by atoms with Crippen molar-refractivity contribution in [2.45, 2.75) is 58.4 Å². The number of furan rings is 1. The van der Waals surface area contributed by atoms with E-state index in [9.17, 15) is 9.59 Å². The molecule has 6 heteroatoms. The van der Waals surface area contributed by atoms with Gasteiger partial charge in [0.05, 0.1) is 11.1 Å². The molecule has 182 valence electrons. The van der Waals surface area contributed by atoms with Crippen molar-refractivity contribution in [3.05, 3.63) is 53.8 Å². The molecule has 35 heavy (non-hydrogen) atoms. The third-order valence-corrected chi connectivity index (χ3v) is 8.64. The predicted molar refractivity (Wildman–Crippen MR) is 133 cm³/mol. The van der Waals surface area contributed by atoms with Crippen molar-refractivity contribution in [1.82, 2.24) is 10.3 Å². The highest BCUT2D eigenvalue weighted by molar-refractivity contribution is 6.05. The molecule has 0 saturated heterocycles. The maximum atomic E-state index is 13.1. The largest absolute Gasteiger partial charge is 0.460 e. The summed E-state index contributed by atoms with van der Waals surface area (Å²) in [5.74, 6) is 3.06. The van der Waals surface area contributed by atoms with Crippen LogP contribution < -0.4 is 5.32 Å². The number of amides is 1. The molecule has 7 rings (SSSR count). The zero-order valence-electron chi connectivity index (χ0n) is 20.4. The Morgan fingerprint density at radius 1 is 1.09 bits per heavy atom. The smallest absolute Gasteiger partial charge is 0.339 e. The van der Waals surface area contributed by atoms with E-state index in [1.54, 1.807) is 6.07 Å². The molecular weight excluding hydrogens is 440 g/mol. The van der Waals surface area contributed by atoms with Crippen molar-refractivity contribution in [3.8, 4) is 11.5 Å². The van der Waals surface area contributed by atoms with Crippen LogP contribution in [0, 0.1) is 30.1 Å². The summed E-state index contributed by atoms with van der Waals surface area (Å²) in [5, 5.41) is 3.86. The highest BCUT2D eigenvalue weighted by atomic mass is 16.5. The zero-order valence-corrected chi connectivity index (χ0v) is 20.4. The lowest BCUT2D eigenvalue weighted by Crippen LogP contribution is -2.56.